The molecule has 0 aliphatic carbocycles. The average Bonchev–Trinajstić information content (AvgIpc) is 2.28. The molecule has 1 rings (SSSR count). The van der Waals surface area contributed by atoms with Crippen molar-refractivity contribution in [3.8, 4) is 0 Å². The molecule has 1 N–H and O–H groups in total. The number of hydrogen-bond acceptors (Lipinski definition) is 3. The SMILES string of the molecule is CCCNCCCC(C)N1CCSC(C)C1. The number of hydrogen-bond donors (Lipinski definition) is 1. The summed E-state index contributed by atoms with van der Waals surface area (Å²) in [6, 6.07) is 0.770. The number of nitrogens with one attached hydrogen (secondary N) is 1. The van der Waals surface area contributed by atoms with Gasteiger partial charge in [0.25, 0.3) is 0 Å². The zero-order chi connectivity index (χ0) is 11.8. The molecule has 0 saturated carbocycles. The Balaban J connectivity index is 2.06. The van der Waals surface area contributed by atoms with E-state index in [-0.39, 0.29) is 0 Å². The van der Waals surface area contributed by atoms with Gasteiger partial charge in [-0.3, -0.25) is 4.90 Å². The van der Waals surface area contributed by atoms with E-state index in [4.69, 9.17) is 0 Å². The lowest BCUT2D eigenvalue weighted by molar-refractivity contribution is 0.206. The van der Waals surface area contributed by atoms with Gasteiger partial charge >= 0.3 is 0 Å². The lowest BCUT2D eigenvalue weighted by Gasteiger charge is -2.35. The van der Waals surface area contributed by atoms with E-state index in [0.29, 0.717) is 0 Å². The molecule has 96 valence electrons. The maximum absolute atomic E-state index is 3.48. The summed E-state index contributed by atoms with van der Waals surface area (Å²) in [5.41, 5.74) is 0. The summed E-state index contributed by atoms with van der Waals surface area (Å²) < 4.78 is 0. The van der Waals surface area contributed by atoms with Gasteiger partial charge in [-0.2, -0.15) is 11.8 Å². The monoisotopic (exact) mass is 244 g/mol. The highest BCUT2D eigenvalue weighted by Gasteiger charge is 2.20. The molecule has 2 atom stereocenters. The first kappa shape index (κ1) is 14.3. The van der Waals surface area contributed by atoms with Crippen LogP contribution in [0.25, 0.3) is 0 Å². The first-order valence-electron chi connectivity index (χ1n) is 6.80. The highest BCUT2D eigenvalue weighted by Crippen LogP contribution is 2.20. The minimum atomic E-state index is 0.770. The van der Waals surface area contributed by atoms with Crippen molar-refractivity contribution in [1.82, 2.24) is 10.2 Å². The lowest BCUT2D eigenvalue weighted by Crippen LogP contribution is -2.42. The fraction of sp³-hybridized carbons (Fsp3) is 1.00. The Labute approximate surface area is 106 Å². The van der Waals surface area contributed by atoms with E-state index in [9.17, 15) is 0 Å². The Morgan fingerprint density at radius 3 is 2.94 bits per heavy atom. The minimum Gasteiger partial charge on any atom is -0.317 e. The van der Waals surface area contributed by atoms with Gasteiger partial charge in [0.05, 0.1) is 0 Å². The summed E-state index contributed by atoms with van der Waals surface area (Å²) in [4.78, 5) is 2.67. The highest BCUT2D eigenvalue weighted by atomic mass is 32.2. The first-order valence-corrected chi connectivity index (χ1v) is 7.85. The molecule has 2 unspecified atom stereocenters. The van der Waals surface area contributed by atoms with Gasteiger partial charge in [-0.1, -0.05) is 13.8 Å². The van der Waals surface area contributed by atoms with E-state index in [0.717, 1.165) is 11.3 Å². The molecule has 0 aromatic rings. The van der Waals surface area contributed by atoms with Gasteiger partial charge in [0.15, 0.2) is 0 Å². The van der Waals surface area contributed by atoms with Crippen molar-refractivity contribution in [1.29, 1.82) is 0 Å². The van der Waals surface area contributed by atoms with Crippen LogP contribution in [0.1, 0.15) is 40.0 Å². The maximum atomic E-state index is 3.48. The standard InChI is InChI=1S/C13H28N2S/c1-4-7-14-8-5-6-12(2)15-9-10-16-13(3)11-15/h12-14H,4-11H2,1-3H3. The number of rotatable bonds is 7. The molecule has 1 saturated heterocycles. The summed E-state index contributed by atoms with van der Waals surface area (Å²) in [5, 5.41) is 4.31. The van der Waals surface area contributed by atoms with Crippen LogP contribution in [0.3, 0.4) is 0 Å². The molecule has 0 radical (unpaired) electrons. The third-order valence-corrected chi connectivity index (χ3v) is 4.43. The van der Waals surface area contributed by atoms with Crippen LogP contribution < -0.4 is 5.32 Å². The molecule has 0 spiro atoms. The van der Waals surface area contributed by atoms with Gasteiger partial charge in [-0.05, 0) is 39.3 Å². The average molecular weight is 244 g/mol. The molecular weight excluding hydrogens is 216 g/mol. The van der Waals surface area contributed by atoms with Gasteiger partial charge in [0.2, 0.25) is 0 Å². The molecule has 1 fully saturated rings. The fourth-order valence-corrected chi connectivity index (χ4v) is 3.29. The van der Waals surface area contributed by atoms with Crippen LogP contribution in [-0.2, 0) is 0 Å². The van der Waals surface area contributed by atoms with Crippen molar-refractivity contribution < 1.29 is 0 Å². The van der Waals surface area contributed by atoms with Crippen LogP contribution >= 0.6 is 11.8 Å². The predicted octanol–water partition coefficient (Wildman–Crippen LogP) is 2.59. The van der Waals surface area contributed by atoms with Gasteiger partial charge in [-0.25, -0.2) is 0 Å². The third kappa shape index (κ3) is 5.55. The Bertz CT molecular complexity index is 175. The van der Waals surface area contributed by atoms with Gasteiger partial charge < -0.3 is 5.32 Å². The van der Waals surface area contributed by atoms with Crippen molar-refractivity contribution >= 4 is 11.8 Å². The normalized spacial score (nSPS) is 24.6. The molecule has 0 aromatic heterocycles. The molecule has 2 nitrogen and oxygen atoms in total. The topological polar surface area (TPSA) is 15.3 Å². The zero-order valence-corrected chi connectivity index (χ0v) is 12.0. The van der Waals surface area contributed by atoms with Crippen LogP contribution in [-0.4, -0.2) is 48.1 Å². The van der Waals surface area contributed by atoms with E-state index >= 15 is 0 Å². The molecule has 3 heteroatoms. The molecule has 1 aliphatic rings. The zero-order valence-electron chi connectivity index (χ0n) is 11.2. The summed E-state index contributed by atoms with van der Waals surface area (Å²) in [6.07, 6.45) is 3.91. The third-order valence-electron chi connectivity index (χ3n) is 3.30. The summed E-state index contributed by atoms with van der Waals surface area (Å²) in [7, 11) is 0. The smallest absolute Gasteiger partial charge is 0.0147 e. The van der Waals surface area contributed by atoms with Crippen LogP contribution in [0.2, 0.25) is 0 Å². The van der Waals surface area contributed by atoms with Crippen molar-refractivity contribution in [3.05, 3.63) is 0 Å². The van der Waals surface area contributed by atoms with Gasteiger partial charge in [0.1, 0.15) is 0 Å². The molecule has 0 amide bonds. The van der Waals surface area contributed by atoms with Crippen LogP contribution in [0.4, 0.5) is 0 Å². The van der Waals surface area contributed by atoms with Crippen molar-refractivity contribution in [2.24, 2.45) is 0 Å². The number of nitrogens with zero attached hydrogens (tertiary/aromatic N) is 1. The van der Waals surface area contributed by atoms with Gasteiger partial charge in [0, 0.05) is 30.1 Å². The van der Waals surface area contributed by atoms with Crippen LogP contribution in [0.5, 0.6) is 0 Å². The summed E-state index contributed by atoms with van der Waals surface area (Å²) in [5.74, 6) is 1.32. The summed E-state index contributed by atoms with van der Waals surface area (Å²) >= 11 is 2.12. The quantitative estimate of drug-likeness (QED) is 0.693. The Morgan fingerprint density at radius 2 is 2.25 bits per heavy atom. The largest absolute Gasteiger partial charge is 0.317 e. The molecule has 0 bridgehead atoms. The van der Waals surface area contributed by atoms with Crippen molar-refractivity contribution in [3.63, 3.8) is 0 Å². The molecule has 0 aromatic carbocycles. The van der Waals surface area contributed by atoms with E-state index < -0.39 is 0 Å². The Kier molecular flexibility index (Phi) is 7.50. The predicted molar refractivity (Wildman–Crippen MR) is 75.3 cm³/mol. The van der Waals surface area contributed by atoms with E-state index in [1.54, 1.807) is 0 Å². The van der Waals surface area contributed by atoms with E-state index in [1.807, 2.05) is 0 Å². The van der Waals surface area contributed by atoms with Crippen molar-refractivity contribution in [2.75, 3.05) is 31.9 Å². The van der Waals surface area contributed by atoms with E-state index in [2.05, 4.69) is 42.7 Å². The second kappa shape index (κ2) is 8.37. The second-order valence-corrected chi connectivity index (χ2v) is 6.46. The van der Waals surface area contributed by atoms with Crippen molar-refractivity contribution in [2.45, 2.75) is 51.3 Å². The molecule has 1 aliphatic heterocycles. The first-order chi connectivity index (χ1) is 7.74. The molecule has 16 heavy (non-hydrogen) atoms. The van der Waals surface area contributed by atoms with E-state index in [1.165, 1.54) is 51.2 Å². The summed E-state index contributed by atoms with van der Waals surface area (Å²) in [6.45, 7) is 11.9. The maximum Gasteiger partial charge on any atom is 0.0147 e. The van der Waals surface area contributed by atoms with Crippen LogP contribution in [0.15, 0.2) is 0 Å². The fourth-order valence-electron chi connectivity index (χ4n) is 2.25. The Hall–Kier alpha value is 0.270. The second-order valence-electron chi connectivity index (χ2n) is 4.92. The van der Waals surface area contributed by atoms with Crippen LogP contribution in [0, 0.1) is 0 Å². The lowest BCUT2D eigenvalue weighted by atomic mass is 10.1. The Morgan fingerprint density at radius 1 is 1.44 bits per heavy atom. The van der Waals surface area contributed by atoms with Gasteiger partial charge in [-0.15, -0.1) is 0 Å². The highest BCUT2D eigenvalue weighted by molar-refractivity contribution is 7.99. The minimum absolute atomic E-state index is 0.770. The number of thioether (sulfide) groups is 1. The molecular formula is C13H28N2S. The molecule has 1 heterocycles.